The minimum Gasteiger partial charge on any atom is -0.481 e. The molecule has 2 aromatic rings. The van der Waals surface area contributed by atoms with Crippen LogP contribution in [0.15, 0.2) is 24.5 Å². The quantitative estimate of drug-likeness (QED) is 0.389. The van der Waals surface area contributed by atoms with E-state index in [1.54, 1.807) is 12.4 Å². The number of nitrogens with two attached hydrogens (primary N) is 2. The maximum absolute atomic E-state index is 11.2. The Morgan fingerprint density at radius 2 is 1.84 bits per heavy atom. The van der Waals surface area contributed by atoms with Gasteiger partial charge in [-0.1, -0.05) is 25.3 Å². The summed E-state index contributed by atoms with van der Waals surface area (Å²) in [6.07, 6.45) is 12.2. The van der Waals surface area contributed by atoms with Crippen molar-refractivity contribution in [3.05, 3.63) is 47.2 Å². The van der Waals surface area contributed by atoms with Crippen LogP contribution in [0.5, 0.6) is 0 Å². The Labute approximate surface area is 191 Å². The van der Waals surface area contributed by atoms with Gasteiger partial charge in [0.2, 0.25) is 0 Å². The highest BCUT2D eigenvalue weighted by molar-refractivity contribution is 5.68. The molecule has 0 spiro atoms. The van der Waals surface area contributed by atoms with Crippen molar-refractivity contribution in [1.29, 1.82) is 0 Å². The van der Waals surface area contributed by atoms with E-state index in [2.05, 4.69) is 27.4 Å². The number of unbranched alkanes of at least 4 members (excludes halogenated alkanes) is 3. The van der Waals surface area contributed by atoms with Crippen LogP contribution >= 0.6 is 0 Å². The van der Waals surface area contributed by atoms with Crippen LogP contribution in [0.2, 0.25) is 0 Å². The minimum absolute atomic E-state index is 0.00788. The van der Waals surface area contributed by atoms with Crippen molar-refractivity contribution in [2.45, 2.75) is 70.6 Å². The molecule has 0 aromatic carbocycles. The fourth-order valence-electron chi connectivity index (χ4n) is 3.77. The number of anilines is 1. The predicted octanol–water partition coefficient (Wildman–Crippen LogP) is 3.19. The summed E-state index contributed by atoms with van der Waals surface area (Å²) in [5, 5.41) is 12.6. The van der Waals surface area contributed by atoms with Crippen LogP contribution in [0.3, 0.4) is 0 Å². The lowest BCUT2D eigenvalue weighted by Gasteiger charge is -2.17. The van der Waals surface area contributed by atoms with Crippen LogP contribution in [-0.2, 0) is 17.6 Å². The zero-order valence-electron chi connectivity index (χ0n) is 19.2. The van der Waals surface area contributed by atoms with Crippen LogP contribution < -0.4 is 16.8 Å². The predicted molar refractivity (Wildman–Crippen MR) is 128 cm³/mol. The van der Waals surface area contributed by atoms with E-state index in [4.69, 9.17) is 16.5 Å². The molecule has 1 unspecified atom stereocenters. The second-order valence-electron chi connectivity index (χ2n) is 8.23. The normalized spacial score (nSPS) is 13.3. The average Bonchev–Trinajstić information content (AvgIpc) is 2.81. The number of aromatic nitrogens is 3. The number of aliphatic carboxylic acids is 1. The zero-order valence-corrected chi connectivity index (χ0v) is 19.2. The maximum Gasteiger partial charge on any atom is 0.303 e. The van der Waals surface area contributed by atoms with Gasteiger partial charge in [-0.15, -0.1) is 0 Å². The Bertz CT molecular complexity index is 811. The number of rotatable bonds is 11. The van der Waals surface area contributed by atoms with Crippen LogP contribution in [0, 0.1) is 6.92 Å². The van der Waals surface area contributed by atoms with E-state index >= 15 is 0 Å². The molecule has 6 N–H and O–H groups in total. The summed E-state index contributed by atoms with van der Waals surface area (Å²) in [5.41, 5.74) is 13.2. The zero-order chi connectivity index (χ0) is 23.2. The van der Waals surface area contributed by atoms with Gasteiger partial charge in [-0.3, -0.25) is 4.79 Å². The Morgan fingerprint density at radius 1 is 1.12 bits per heavy atom. The van der Waals surface area contributed by atoms with Crippen LogP contribution in [0.1, 0.15) is 73.5 Å². The third kappa shape index (κ3) is 9.28. The first-order chi connectivity index (χ1) is 15.5. The van der Waals surface area contributed by atoms with Crippen molar-refractivity contribution in [3.63, 3.8) is 0 Å². The number of nitrogens with one attached hydrogen (secondary N) is 1. The first-order valence-corrected chi connectivity index (χ1v) is 11.7. The molecule has 0 amide bonds. The van der Waals surface area contributed by atoms with Gasteiger partial charge < -0.3 is 21.9 Å². The number of aryl methyl sites for hydroxylation is 3. The van der Waals surface area contributed by atoms with E-state index < -0.39 is 5.97 Å². The Hall–Kier alpha value is -2.58. The van der Waals surface area contributed by atoms with Crippen molar-refractivity contribution in [2.24, 2.45) is 11.5 Å². The van der Waals surface area contributed by atoms with Gasteiger partial charge in [0, 0.05) is 37.7 Å². The molecule has 8 heteroatoms. The number of fused-ring (bicyclic) bond motifs is 1. The second kappa shape index (κ2) is 14.5. The number of carbonyl (C=O) groups is 1. The standard InChI is InChI=1S/C22H30N4O2.C2H8N2/c1-16-24-14-19(15-25-16)18(13-21(27)28)7-4-2-3-5-9-20-11-10-17-8-6-12-23-22(17)26-20;3-1-2-4/h10-11,14-15,18H,2-9,12-13H2,1H3,(H,23,26)(H,27,28);1-4H2. The number of pyridine rings is 1. The summed E-state index contributed by atoms with van der Waals surface area (Å²) in [7, 11) is 0. The smallest absolute Gasteiger partial charge is 0.303 e. The number of carboxylic acids is 1. The summed E-state index contributed by atoms with van der Waals surface area (Å²) in [6, 6.07) is 4.37. The lowest BCUT2D eigenvalue weighted by atomic mass is 9.92. The molecule has 8 nitrogen and oxygen atoms in total. The second-order valence-corrected chi connectivity index (χ2v) is 8.23. The highest BCUT2D eigenvalue weighted by Gasteiger charge is 2.16. The molecule has 1 aliphatic rings. The third-order valence-corrected chi connectivity index (χ3v) is 5.55. The molecule has 2 aromatic heterocycles. The highest BCUT2D eigenvalue weighted by atomic mass is 16.4. The van der Waals surface area contributed by atoms with Gasteiger partial charge in [0.1, 0.15) is 11.6 Å². The van der Waals surface area contributed by atoms with Crippen molar-refractivity contribution in [3.8, 4) is 0 Å². The van der Waals surface area contributed by atoms with E-state index in [-0.39, 0.29) is 12.3 Å². The average molecular weight is 443 g/mol. The fraction of sp³-hybridized carbons (Fsp3) is 0.583. The molecule has 0 fully saturated rings. The van der Waals surface area contributed by atoms with Crippen molar-refractivity contribution < 1.29 is 9.90 Å². The molecular weight excluding hydrogens is 404 g/mol. The van der Waals surface area contributed by atoms with E-state index in [0.717, 1.165) is 68.6 Å². The molecule has 32 heavy (non-hydrogen) atoms. The first-order valence-electron chi connectivity index (χ1n) is 11.7. The first kappa shape index (κ1) is 25.7. The van der Waals surface area contributed by atoms with Gasteiger partial charge in [-0.05, 0) is 62.1 Å². The van der Waals surface area contributed by atoms with Gasteiger partial charge in [-0.25, -0.2) is 15.0 Å². The summed E-state index contributed by atoms with van der Waals surface area (Å²) in [5.74, 6) is 1.01. The summed E-state index contributed by atoms with van der Waals surface area (Å²) in [4.78, 5) is 24.4. The van der Waals surface area contributed by atoms with E-state index in [1.807, 2.05) is 6.92 Å². The largest absolute Gasteiger partial charge is 0.481 e. The molecule has 3 rings (SSSR count). The van der Waals surface area contributed by atoms with Gasteiger partial charge in [0.05, 0.1) is 6.42 Å². The number of hydrogen-bond acceptors (Lipinski definition) is 7. The van der Waals surface area contributed by atoms with Crippen LogP contribution in [-0.4, -0.2) is 45.7 Å². The van der Waals surface area contributed by atoms with E-state index in [1.165, 1.54) is 12.0 Å². The monoisotopic (exact) mass is 442 g/mol. The Morgan fingerprint density at radius 3 is 2.53 bits per heavy atom. The summed E-state index contributed by atoms with van der Waals surface area (Å²) in [6.45, 7) is 4.05. The van der Waals surface area contributed by atoms with E-state index in [9.17, 15) is 9.90 Å². The molecule has 0 aliphatic carbocycles. The molecule has 0 saturated carbocycles. The lowest BCUT2D eigenvalue weighted by molar-refractivity contribution is -0.137. The maximum atomic E-state index is 11.2. The van der Waals surface area contributed by atoms with Gasteiger partial charge in [0.15, 0.2) is 0 Å². The van der Waals surface area contributed by atoms with Crippen molar-refractivity contribution in [1.82, 2.24) is 15.0 Å². The minimum atomic E-state index is -0.766. The van der Waals surface area contributed by atoms with Gasteiger partial charge >= 0.3 is 5.97 Å². The fourth-order valence-corrected chi connectivity index (χ4v) is 3.77. The summed E-state index contributed by atoms with van der Waals surface area (Å²) >= 11 is 0. The Kier molecular flexibility index (Phi) is 11.6. The van der Waals surface area contributed by atoms with Gasteiger partial charge in [0.25, 0.3) is 0 Å². The topological polar surface area (TPSA) is 140 Å². The SMILES string of the molecule is Cc1ncc(C(CCCCCCc2ccc3c(n2)NCCC3)CC(=O)O)cn1.NCCN. The third-order valence-electron chi connectivity index (χ3n) is 5.55. The molecule has 1 atom stereocenters. The molecule has 0 radical (unpaired) electrons. The molecule has 176 valence electrons. The van der Waals surface area contributed by atoms with Crippen LogP contribution in [0.4, 0.5) is 5.82 Å². The molecular formula is C24H38N6O2. The number of hydrogen-bond donors (Lipinski definition) is 4. The lowest BCUT2D eigenvalue weighted by Crippen LogP contribution is -2.13. The number of carboxylic acid groups (broad SMARTS) is 1. The molecule has 0 bridgehead atoms. The molecule has 1 aliphatic heterocycles. The highest BCUT2D eigenvalue weighted by Crippen LogP contribution is 2.26. The van der Waals surface area contributed by atoms with Crippen LogP contribution in [0.25, 0.3) is 0 Å². The van der Waals surface area contributed by atoms with E-state index in [0.29, 0.717) is 18.9 Å². The summed E-state index contributed by atoms with van der Waals surface area (Å²) < 4.78 is 0. The van der Waals surface area contributed by atoms with Crippen molar-refractivity contribution in [2.75, 3.05) is 25.0 Å². The molecule has 3 heterocycles. The van der Waals surface area contributed by atoms with Crippen molar-refractivity contribution >= 4 is 11.8 Å². The number of nitrogens with zero attached hydrogens (tertiary/aromatic N) is 3. The molecule has 0 saturated heterocycles. The Balaban J connectivity index is 0.000000837. The van der Waals surface area contributed by atoms with Gasteiger partial charge in [-0.2, -0.15) is 0 Å².